The monoisotopic (exact) mass is 520 g/mol. The van der Waals surface area contributed by atoms with E-state index in [9.17, 15) is 9.59 Å². The SMILES string of the molecule is Cc1cc(OCc2ccccc2)ccc1C=C1C(=O)NC(=S)N(c2ccc(Oc3ccccc3)cc2)C1=O. The van der Waals surface area contributed by atoms with Crippen LogP contribution >= 0.6 is 12.2 Å². The molecular formula is C31H24N2O4S. The maximum atomic E-state index is 13.4. The van der Waals surface area contributed by atoms with Crippen LogP contribution in [-0.2, 0) is 16.2 Å². The summed E-state index contributed by atoms with van der Waals surface area (Å²) in [6, 6.07) is 31.8. The largest absolute Gasteiger partial charge is 0.489 e. The van der Waals surface area contributed by atoms with Crippen molar-refractivity contribution in [2.24, 2.45) is 0 Å². The molecule has 188 valence electrons. The van der Waals surface area contributed by atoms with Crippen LogP contribution in [0.1, 0.15) is 16.7 Å². The third-order valence-electron chi connectivity index (χ3n) is 5.96. The molecule has 1 aliphatic heterocycles. The van der Waals surface area contributed by atoms with Gasteiger partial charge in [0.1, 0.15) is 29.4 Å². The van der Waals surface area contributed by atoms with Crippen LogP contribution in [0, 0.1) is 6.92 Å². The minimum absolute atomic E-state index is 0.00994. The van der Waals surface area contributed by atoms with Crippen molar-refractivity contribution < 1.29 is 19.1 Å². The highest BCUT2D eigenvalue weighted by Gasteiger charge is 2.34. The molecule has 0 radical (unpaired) electrons. The average Bonchev–Trinajstić information content (AvgIpc) is 2.93. The number of aryl methyl sites for hydroxylation is 1. The highest BCUT2D eigenvalue weighted by atomic mass is 32.1. The van der Waals surface area contributed by atoms with Crippen molar-refractivity contribution in [1.29, 1.82) is 0 Å². The van der Waals surface area contributed by atoms with E-state index in [1.165, 1.54) is 4.90 Å². The molecular weight excluding hydrogens is 496 g/mol. The van der Waals surface area contributed by atoms with Crippen LogP contribution in [0.5, 0.6) is 17.2 Å². The highest BCUT2D eigenvalue weighted by Crippen LogP contribution is 2.28. The van der Waals surface area contributed by atoms with Crippen LogP contribution in [-0.4, -0.2) is 16.9 Å². The predicted molar refractivity (Wildman–Crippen MR) is 151 cm³/mol. The van der Waals surface area contributed by atoms with Gasteiger partial charge in [-0.1, -0.05) is 54.6 Å². The number of nitrogens with zero attached hydrogens (tertiary/aromatic N) is 1. The molecule has 0 spiro atoms. The summed E-state index contributed by atoms with van der Waals surface area (Å²) in [6.07, 6.45) is 1.58. The van der Waals surface area contributed by atoms with Crippen molar-refractivity contribution in [2.45, 2.75) is 13.5 Å². The smallest absolute Gasteiger partial charge is 0.270 e. The number of rotatable bonds is 7. The molecule has 0 aromatic heterocycles. The third kappa shape index (κ3) is 5.63. The van der Waals surface area contributed by atoms with E-state index >= 15 is 0 Å². The Balaban J connectivity index is 1.33. The second kappa shape index (κ2) is 11.1. The lowest BCUT2D eigenvalue weighted by Crippen LogP contribution is -2.54. The van der Waals surface area contributed by atoms with Crippen LogP contribution in [0.25, 0.3) is 6.08 Å². The molecule has 5 rings (SSSR count). The van der Waals surface area contributed by atoms with Gasteiger partial charge in [-0.15, -0.1) is 0 Å². The summed E-state index contributed by atoms with van der Waals surface area (Å²) in [6.45, 7) is 2.35. The van der Waals surface area contributed by atoms with Crippen LogP contribution in [0.3, 0.4) is 0 Å². The quantitative estimate of drug-likeness (QED) is 0.179. The first-order valence-corrected chi connectivity index (χ1v) is 12.4. The molecule has 4 aromatic carbocycles. The number of carbonyl (C=O) groups excluding carboxylic acids is 2. The summed E-state index contributed by atoms with van der Waals surface area (Å²) >= 11 is 5.33. The number of thiocarbonyl (C=S) groups is 1. The van der Waals surface area contributed by atoms with E-state index in [4.69, 9.17) is 21.7 Å². The summed E-state index contributed by atoms with van der Waals surface area (Å²) in [5, 5.41) is 2.65. The Kier molecular flexibility index (Phi) is 7.28. The molecule has 0 atom stereocenters. The van der Waals surface area contributed by atoms with E-state index in [1.807, 2.05) is 85.8 Å². The number of nitrogens with one attached hydrogen (secondary N) is 1. The normalized spacial score (nSPS) is 14.4. The molecule has 0 saturated carbocycles. The Morgan fingerprint density at radius 1 is 0.816 bits per heavy atom. The second-order valence-corrected chi connectivity index (χ2v) is 9.05. The lowest BCUT2D eigenvalue weighted by Gasteiger charge is -2.29. The van der Waals surface area contributed by atoms with Gasteiger partial charge in [0.25, 0.3) is 11.8 Å². The molecule has 6 nitrogen and oxygen atoms in total. The minimum Gasteiger partial charge on any atom is -0.489 e. The van der Waals surface area contributed by atoms with Gasteiger partial charge < -0.3 is 9.47 Å². The van der Waals surface area contributed by atoms with Crippen molar-refractivity contribution in [3.8, 4) is 17.2 Å². The van der Waals surface area contributed by atoms with E-state index in [1.54, 1.807) is 30.3 Å². The van der Waals surface area contributed by atoms with Gasteiger partial charge in [-0.25, -0.2) is 0 Å². The van der Waals surface area contributed by atoms with E-state index in [0.717, 1.165) is 16.7 Å². The van der Waals surface area contributed by atoms with Crippen molar-refractivity contribution in [3.05, 3.63) is 125 Å². The molecule has 4 aromatic rings. The number of carbonyl (C=O) groups is 2. The summed E-state index contributed by atoms with van der Waals surface area (Å²) in [7, 11) is 0. The molecule has 1 saturated heterocycles. The standard InChI is InChI=1S/C31H24N2O4S/c1-21-18-27(36-20-22-8-4-2-5-9-22)15-12-23(21)19-28-29(34)32-31(38)33(30(28)35)24-13-16-26(17-14-24)37-25-10-6-3-7-11-25/h2-19H,20H2,1H3,(H,32,34,38). The highest BCUT2D eigenvalue weighted by molar-refractivity contribution is 7.80. The van der Waals surface area contributed by atoms with Crippen molar-refractivity contribution in [3.63, 3.8) is 0 Å². The molecule has 0 bridgehead atoms. The number of hydrogen-bond donors (Lipinski definition) is 1. The van der Waals surface area contributed by atoms with Crippen LogP contribution < -0.4 is 19.7 Å². The molecule has 0 aliphatic carbocycles. The number of para-hydroxylation sites is 1. The van der Waals surface area contributed by atoms with Gasteiger partial charge >= 0.3 is 0 Å². The topological polar surface area (TPSA) is 67.9 Å². The number of anilines is 1. The number of ether oxygens (including phenoxy) is 2. The average molecular weight is 521 g/mol. The van der Waals surface area contributed by atoms with Gasteiger partial charge in [0.05, 0.1) is 5.69 Å². The van der Waals surface area contributed by atoms with Gasteiger partial charge in [-0.3, -0.25) is 19.8 Å². The van der Waals surface area contributed by atoms with E-state index < -0.39 is 11.8 Å². The fourth-order valence-corrected chi connectivity index (χ4v) is 4.26. The molecule has 1 aliphatic rings. The van der Waals surface area contributed by atoms with Gasteiger partial charge in [-0.2, -0.15) is 0 Å². The van der Waals surface area contributed by atoms with E-state index in [0.29, 0.717) is 29.5 Å². The maximum Gasteiger partial charge on any atom is 0.270 e. The molecule has 1 heterocycles. The molecule has 1 N–H and O–H groups in total. The third-order valence-corrected chi connectivity index (χ3v) is 6.25. The lowest BCUT2D eigenvalue weighted by molar-refractivity contribution is -0.122. The first-order chi connectivity index (χ1) is 18.5. The zero-order valence-corrected chi connectivity index (χ0v) is 21.4. The summed E-state index contributed by atoms with van der Waals surface area (Å²) in [5.41, 5.74) is 3.18. The molecule has 0 unspecified atom stereocenters. The Morgan fingerprint density at radius 3 is 2.13 bits per heavy atom. The zero-order chi connectivity index (χ0) is 26.5. The van der Waals surface area contributed by atoms with Gasteiger partial charge in [-0.05, 0) is 90.4 Å². The fourth-order valence-electron chi connectivity index (χ4n) is 3.98. The van der Waals surface area contributed by atoms with Crippen LogP contribution in [0.2, 0.25) is 0 Å². The number of hydrogen-bond acceptors (Lipinski definition) is 5. The summed E-state index contributed by atoms with van der Waals surface area (Å²) in [4.78, 5) is 27.5. The summed E-state index contributed by atoms with van der Waals surface area (Å²) < 4.78 is 11.7. The number of benzene rings is 4. The van der Waals surface area contributed by atoms with Crippen LogP contribution in [0.15, 0.2) is 109 Å². The van der Waals surface area contributed by atoms with Crippen LogP contribution in [0.4, 0.5) is 5.69 Å². The fraction of sp³-hybridized carbons (Fsp3) is 0.0645. The molecule has 38 heavy (non-hydrogen) atoms. The number of amides is 2. The minimum atomic E-state index is -0.538. The predicted octanol–water partition coefficient (Wildman–Crippen LogP) is 6.20. The van der Waals surface area contributed by atoms with E-state index in [-0.39, 0.29) is 10.7 Å². The molecule has 1 fully saturated rings. The second-order valence-electron chi connectivity index (χ2n) is 8.66. The molecule has 7 heteroatoms. The van der Waals surface area contributed by atoms with Gasteiger partial charge in [0, 0.05) is 0 Å². The van der Waals surface area contributed by atoms with Crippen molar-refractivity contribution in [2.75, 3.05) is 4.90 Å². The Bertz CT molecular complexity index is 1520. The molecule has 2 amide bonds. The maximum absolute atomic E-state index is 13.4. The lowest BCUT2D eigenvalue weighted by atomic mass is 10.0. The Hall–Kier alpha value is -4.75. The van der Waals surface area contributed by atoms with Crippen molar-refractivity contribution in [1.82, 2.24) is 5.32 Å². The zero-order valence-electron chi connectivity index (χ0n) is 20.6. The Labute approximate surface area is 226 Å². The first-order valence-electron chi connectivity index (χ1n) is 12.0. The summed E-state index contributed by atoms with van der Waals surface area (Å²) in [5.74, 6) is 0.978. The first kappa shape index (κ1) is 24.9. The van der Waals surface area contributed by atoms with Gasteiger partial charge in [0.2, 0.25) is 0 Å². The van der Waals surface area contributed by atoms with E-state index in [2.05, 4.69) is 5.32 Å². The Morgan fingerprint density at radius 2 is 1.45 bits per heavy atom. The van der Waals surface area contributed by atoms with Crippen molar-refractivity contribution >= 4 is 40.9 Å². The van der Waals surface area contributed by atoms with Gasteiger partial charge in [0.15, 0.2) is 5.11 Å².